The van der Waals surface area contributed by atoms with E-state index in [9.17, 15) is 15.2 Å². The third-order valence-electron chi connectivity index (χ3n) is 6.34. The maximum atomic E-state index is 11.3. The zero-order valence-corrected chi connectivity index (χ0v) is 18.5. The van der Waals surface area contributed by atoms with E-state index in [4.69, 9.17) is 9.26 Å². The predicted molar refractivity (Wildman–Crippen MR) is 119 cm³/mol. The van der Waals surface area contributed by atoms with E-state index in [1.54, 1.807) is 18.2 Å². The summed E-state index contributed by atoms with van der Waals surface area (Å²) in [6.07, 6.45) is 1.81. The lowest BCUT2D eigenvalue weighted by Crippen LogP contribution is -2.29. The fourth-order valence-electron chi connectivity index (χ4n) is 5.08. The topological polar surface area (TPSA) is 112 Å². The predicted octanol–water partition coefficient (Wildman–Crippen LogP) is 4.07. The maximum Gasteiger partial charge on any atom is 0.317 e. The average Bonchev–Trinajstić information content (AvgIpc) is 3.49. The molecule has 8 heteroatoms. The highest BCUT2D eigenvalue weighted by atomic mass is 16.5. The van der Waals surface area contributed by atoms with Crippen LogP contribution in [0.4, 0.5) is 0 Å². The van der Waals surface area contributed by atoms with Gasteiger partial charge >= 0.3 is 5.97 Å². The Kier molecular flexibility index (Phi) is 5.35. The molecule has 0 radical (unpaired) electrons. The van der Waals surface area contributed by atoms with Gasteiger partial charge in [-0.15, -0.1) is 0 Å². The Bertz CT molecular complexity index is 1260. The normalized spacial score (nSPS) is 19.3. The summed E-state index contributed by atoms with van der Waals surface area (Å²) in [4.78, 5) is 18.0. The highest BCUT2D eigenvalue weighted by Crippen LogP contribution is 2.48. The van der Waals surface area contributed by atoms with Crippen LogP contribution in [0.15, 0.2) is 40.9 Å². The van der Waals surface area contributed by atoms with Crippen molar-refractivity contribution in [1.82, 2.24) is 15.0 Å². The van der Waals surface area contributed by atoms with Crippen molar-refractivity contribution in [2.24, 2.45) is 5.92 Å². The van der Waals surface area contributed by atoms with Crippen LogP contribution in [-0.4, -0.2) is 45.3 Å². The Labute approximate surface area is 191 Å². The van der Waals surface area contributed by atoms with Crippen LogP contribution < -0.4 is 4.74 Å². The number of hydrogen-bond donors (Lipinski definition) is 1. The molecule has 0 spiro atoms. The first-order valence-corrected chi connectivity index (χ1v) is 11.1. The lowest BCUT2D eigenvalue weighted by atomic mass is 10.0. The highest BCUT2D eigenvalue weighted by Gasteiger charge is 2.42. The van der Waals surface area contributed by atoms with Gasteiger partial charge in [0.05, 0.1) is 18.2 Å². The van der Waals surface area contributed by atoms with E-state index >= 15 is 0 Å². The van der Waals surface area contributed by atoms with Gasteiger partial charge in [-0.3, -0.25) is 9.69 Å². The van der Waals surface area contributed by atoms with Gasteiger partial charge in [0.2, 0.25) is 5.82 Å². The van der Waals surface area contributed by atoms with Crippen LogP contribution in [-0.2, 0) is 11.2 Å². The van der Waals surface area contributed by atoms with Gasteiger partial charge in [-0.2, -0.15) is 10.2 Å². The zero-order valence-electron chi connectivity index (χ0n) is 18.5. The standard InChI is InChI=1S/C25H24N4O4/c1-14(2)32-21-7-6-16(10-17(21)12-26)25-27-24(28-33-25)19-5-3-4-18-20(19)11-15-8-9-29(23(15)18)13-22(30)31/h3-7,10,14-15,23H,8-9,11,13H2,1-2H3,(H,30,31)/t15-,23-/m0/s1. The average molecular weight is 444 g/mol. The van der Waals surface area contributed by atoms with Gasteiger partial charge in [-0.25, -0.2) is 0 Å². The summed E-state index contributed by atoms with van der Waals surface area (Å²) in [7, 11) is 0. The molecule has 0 unspecified atom stereocenters. The summed E-state index contributed by atoms with van der Waals surface area (Å²) < 4.78 is 11.2. The number of nitriles is 1. The van der Waals surface area contributed by atoms with Crippen molar-refractivity contribution < 1.29 is 19.2 Å². The number of carbonyl (C=O) groups is 1. The van der Waals surface area contributed by atoms with Gasteiger partial charge in [-0.1, -0.05) is 23.4 Å². The number of benzene rings is 2. The number of aromatic nitrogens is 2. The quantitative estimate of drug-likeness (QED) is 0.606. The smallest absolute Gasteiger partial charge is 0.317 e. The van der Waals surface area contributed by atoms with Crippen LogP contribution in [0.5, 0.6) is 5.75 Å². The Morgan fingerprint density at radius 1 is 1.36 bits per heavy atom. The van der Waals surface area contributed by atoms with Crippen molar-refractivity contribution in [2.75, 3.05) is 13.1 Å². The lowest BCUT2D eigenvalue weighted by molar-refractivity contribution is -0.138. The minimum absolute atomic E-state index is 0.0379. The molecule has 1 aliphatic heterocycles. The molecule has 1 aliphatic carbocycles. The summed E-state index contributed by atoms with van der Waals surface area (Å²) in [5.74, 6) is 0.950. The van der Waals surface area contributed by atoms with Gasteiger partial charge in [0.15, 0.2) is 0 Å². The van der Waals surface area contributed by atoms with Crippen LogP contribution in [0.25, 0.3) is 22.8 Å². The highest BCUT2D eigenvalue weighted by molar-refractivity contribution is 5.70. The van der Waals surface area contributed by atoms with Gasteiger partial charge in [0.1, 0.15) is 11.8 Å². The van der Waals surface area contributed by atoms with Crippen LogP contribution >= 0.6 is 0 Å². The second-order valence-corrected chi connectivity index (χ2v) is 8.85. The van der Waals surface area contributed by atoms with Gasteiger partial charge < -0.3 is 14.4 Å². The fraction of sp³-hybridized carbons (Fsp3) is 0.360. The van der Waals surface area contributed by atoms with Crippen LogP contribution in [0.1, 0.15) is 43.0 Å². The molecule has 2 atom stereocenters. The van der Waals surface area contributed by atoms with Gasteiger partial charge in [0.25, 0.3) is 5.89 Å². The van der Waals surface area contributed by atoms with Crippen molar-refractivity contribution in [3.05, 3.63) is 53.1 Å². The zero-order chi connectivity index (χ0) is 23.1. The lowest BCUT2D eigenvalue weighted by Gasteiger charge is -2.23. The number of carboxylic acid groups (broad SMARTS) is 1. The first kappa shape index (κ1) is 21.2. The molecular weight excluding hydrogens is 420 g/mol. The second-order valence-electron chi connectivity index (χ2n) is 8.85. The molecule has 2 aromatic carbocycles. The third-order valence-corrected chi connectivity index (χ3v) is 6.34. The summed E-state index contributed by atoms with van der Waals surface area (Å²) in [5, 5.41) is 23.0. The number of carboxylic acids is 1. The molecule has 1 aromatic heterocycles. The molecule has 168 valence electrons. The molecule has 1 saturated heterocycles. The number of aliphatic carboxylic acids is 1. The van der Waals surface area contributed by atoms with Crippen LogP contribution in [0.2, 0.25) is 0 Å². The van der Waals surface area contributed by atoms with Crippen molar-refractivity contribution in [1.29, 1.82) is 5.26 Å². The van der Waals surface area contributed by atoms with E-state index in [0.717, 1.165) is 36.1 Å². The third kappa shape index (κ3) is 3.85. The van der Waals surface area contributed by atoms with Gasteiger partial charge in [0, 0.05) is 17.2 Å². The van der Waals surface area contributed by atoms with Crippen molar-refractivity contribution >= 4 is 5.97 Å². The largest absolute Gasteiger partial charge is 0.490 e. The first-order chi connectivity index (χ1) is 15.9. The number of nitrogens with zero attached hydrogens (tertiary/aromatic N) is 4. The number of rotatable bonds is 6. The van der Waals surface area contributed by atoms with Crippen LogP contribution in [0.3, 0.4) is 0 Å². The molecule has 0 saturated carbocycles. The van der Waals surface area contributed by atoms with E-state index in [1.165, 1.54) is 0 Å². The molecule has 2 aliphatic rings. The molecule has 8 nitrogen and oxygen atoms in total. The molecule has 5 rings (SSSR count). The molecule has 1 fully saturated rings. The Morgan fingerprint density at radius 2 is 2.21 bits per heavy atom. The maximum absolute atomic E-state index is 11.3. The summed E-state index contributed by atoms with van der Waals surface area (Å²) in [5.41, 5.74) is 4.29. The SMILES string of the molecule is CC(C)Oc1ccc(-c2nc(-c3cccc4c3C[C@@H]3CCN(CC(=O)O)[C@H]43)no2)cc1C#N. The molecular formula is C25H24N4O4. The second kappa shape index (κ2) is 8.34. The molecule has 33 heavy (non-hydrogen) atoms. The molecule has 1 N–H and O–H groups in total. The van der Waals surface area contributed by atoms with Crippen molar-refractivity contribution in [2.45, 2.75) is 38.8 Å². The number of likely N-dealkylation sites (tertiary alicyclic amines) is 1. The van der Waals surface area contributed by atoms with E-state index < -0.39 is 5.97 Å². The summed E-state index contributed by atoms with van der Waals surface area (Å²) >= 11 is 0. The minimum Gasteiger partial charge on any atom is -0.490 e. The Morgan fingerprint density at radius 3 is 2.97 bits per heavy atom. The molecule has 3 aromatic rings. The van der Waals surface area contributed by atoms with Gasteiger partial charge in [-0.05, 0) is 68.5 Å². The Hall–Kier alpha value is -3.70. The summed E-state index contributed by atoms with van der Waals surface area (Å²) in [6, 6.07) is 13.6. The molecule has 2 heterocycles. The van der Waals surface area contributed by atoms with E-state index in [-0.39, 0.29) is 18.7 Å². The van der Waals surface area contributed by atoms with E-state index in [0.29, 0.717) is 34.5 Å². The van der Waals surface area contributed by atoms with Crippen molar-refractivity contribution in [3.8, 4) is 34.7 Å². The summed E-state index contributed by atoms with van der Waals surface area (Å²) in [6.45, 7) is 4.67. The molecule has 0 bridgehead atoms. The molecule has 0 amide bonds. The number of hydrogen-bond acceptors (Lipinski definition) is 7. The van der Waals surface area contributed by atoms with E-state index in [2.05, 4.69) is 27.2 Å². The van der Waals surface area contributed by atoms with Crippen LogP contribution in [0, 0.1) is 17.2 Å². The minimum atomic E-state index is -0.801. The number of ether oxygens (including phenoxy) is 1. The van der Waals surface area contributed by atoms with Crippen molar-refractivity contribution in [3.63, 3.8) is 0 Å². The number of fused-ring (bicyclic) bond motifs is 3. The van der Waals surface area contributed by atoms with E-state index in [1.807, 2.05) is 26.0 Å². The fourth-order valence-corrected chi connectivity index (χ4v) is 5.08. The Balaban J connectivity index is 1.46. The monoisotopic (exact) mass is 444 g/mol. The first-order valence-electron chi connectivity index (χ1n) is 11.1.